The van der Waals surface area contributed by atoms with Crippen LogP contribution in [0.1, 0.15) is 20.3 Å². The minimum Gasteiger partial charge on any atom is -0.480 e. The summed E-state index contributed by atoms with van der Waals surface area (Å²) in [7, 11) is 0. The lowest BCUT2D eigenvalue weighted by Crippen LogP contribution is -2.54. The minimum atomic E-state index is -1.11. The second-order valence-corrected chi connectivity index (χ2v) is 5.40. The lowest BCUT2D eigenvalue weighted by atomic mass is 10.0. The van der Waals surface area contributed by atoms with Gasteiger partial charge in [-0.1, -0.05) is 13.8 Å². The molecule has 2 atom stereocenters. The molecule has 0 bridgehead atoms. The molecule has 0 aliphatic heterocycles. The van der Waals surface area contributed by atoms with Gasteiger partial charge in [-0.25, -0.2) is 9.59 Å². The number of carbonyl (C=O) groups is 3. The first kappa shape index (κ1) is 17.6. The number of nitrogens with two attached hydrogens (primary N) is 1. The van der Waals surface area contributed by atoms with Crippen LogP contribution in [0.2, 0.25) is 0 Å². The third kappa shape index (κ3) is 6.90. The number of carboxylic acids is 1. The molecule has 110 valence electrons. The highest BCUT2D eigenvalue weighted by atomic mass is 32.2. The Labute approximate surface area is 116 Å². The molecular formula is C11H21N3O4S. The van der Waals surface area contributed by atoms with E-state index in [0.29, 0.717) is 12.2 Å². The molecule has 0 radical (unpaired) electrons. The number of nitrogens with one attached hydrogen (secondary N) is 2. The van der Waals surface area contributed by atoms with Gasteiger partial charge in [0.15, 0.2) is 0 Å². The van der Waals surface area contributed by atoms with Crippen molar-refractivity contribution in [3.8, 4) is 0 Å². The molecule has 0 rings (SSSR count). The second kappa shape index (κ2) is 8.63. The number of thioether (sulfide) groups is 1. The first-order valence-corrected chi connectivity index (χ1v) is 7.27. The number of rotatable bonds is 8. The molecule has 0 aromatic rings. The highest BCUT2D eigenvalue weighted by molar-refractivity contribution is 7.98. The van der Waals surface area contributed by atoms with Gasteiger partial charge in [-0.05, 0) is 24.3 Å². The van der Waals surface area contributed by atoms with Gasteiger partial charge in [0, 0.05) is 0 Å². The van der Waals surface area contributed by atoms with Gasteiger partial charge in [0.1, 0.15) is 12.1 Å². The number of urea groups is 1. The van der Waals surface area contributed by atoms with Crippen LogP contribution in [0.5, 0.6) is 0 Å². The van der Waals surface area contributed by atoms with Gasteiger partial charge < -0.3 is 21.5 Å². The van der Waals surface area contributed by atoms with E-state index in [4.69, 9.17) is 10.8 Å². The summed E-state index contributed by atoms with van der Waals surface area (Å²) in [5, 5.41) is 13.7. The van der Waals surface area contributed by atoms with E-state index in [-0.39, 0.29) is 5.92 Å². The lowest BCUT2D eigenvalue weighted by Gasteiger charge is -2.22. The van der Waals surface area contributed by atoms with Crippen molar-refractivity contribution in [1.82, 2.24) is 10.6 Å². The van der Waals surface area contributed by atoms with E-state index in [2.05, 4.69) is 10.6 Å². The van der Waals surface area contributed by atoms with Crippen LogP contribution in [0, 0.1) is 5.92 Å². The zero-order valence-corrected chi connectivity index (χ0v) is 12.1. The minimum absolute atomic E-state index is 0.253. The summed E-state index contributed by atoms with van der Waals surface area (Å²) in [5.41, 5.74) is 5.00. The molecule has 0 fully saturated rings. The quantitative estimate of drug-likeness (QED) is 0.501. The maximum Gasteiger partial charge on any atom is 0.326 e. The predicted octanol–water partition coefficient (Wildman–Crippen LogP) is 0.00180. The van der Waals surface area contributed by atoms with Crippen molar-refractivity contribution in [2.75, 3.05) is 12.0 Å². The van der Waals surface area contributed by atoms with Crippen LogP contribution in [0.4, 0.5) is 4.79 Å². The number of carboxylic acid groups (broad SMARTS) is 1. The van der Waals surface area contributed by atoms with Gasteiger partial charge in [0.05, 0.1) is 0 Å². The smallest absolute Gasteiger partial charge is 0.326 e. The molecule has 0 spiro atoms. The highest BCUT2D eigenvalue weighted by Crippen LogP contribution is 2.05. The van der Waals surface area contributed by atoms with E-state index in [1.54, 1.807) is 13.8 Å². The number of hydrogen-bond acceptors (Lipinski definition) is 4. The van der Waals surface area contributed by atoms with E-state index in [1.807, 2.05) is 6.26 Å². The molecule has 0 aromatic carbocycles. The van der Waals surface area contributed by atoms with Gasteiger partial charge >= 0.3 is 12.0 Å². The van der Waals surface area contributed by atoms with E-state index in [0.717, 1.165) is 0 Å². The van der Waals surface area contributed by atoms with E-state index in [1.165, 1.54) is 11.8 Å². The van der Waals surface area contributed by atoms with E-state index >= 15 is 0 Å². The molecule has 0 saturated carbocycles. The molecule has 5 N–H and O–H groups in total. The van der Waals surface area contributed by atoms with E-state index < -0.39 is 30.0 Å². The van der Waals surface area contributed by atoms with Gasteiger partial charge in [0.25, 0.3) is 0 Å². The average Bonchev–Trinajstić information content (AvgIpc) is 2.29. The van der Waals surface area contributed by atoms with Crippen LogP contribution in [0.15, 0.2) is 0 Å². The molecule has 0 aromatic heterocycles. The number of carbonyl (C=O) groups excluding carboxylic acids is 2. The molecule has 19 heavy (non-hydrogen) atoms. The van der Waals surface area contributed by atoms with Crippen LogP contribution in [-0.4, -0.2) is 47.1 Å². The number of aliphatic carboxylic acids is 1. The molecule has 2 unspecified atom stereocenters. The van der Waals surface area contributed by atoms with Crippen molar-refractivity contribution in [2.24, 2.45) is 11.7 Å². The van der Waals surface area contributed by atoms with Gasteiger partial charge in [-0.3, -0.25) is 4.79 Å². The summed E-state index contributed by atoms with van der Waals surface area (Å²) in [5.74, 6) is -1.24. The lowest BCUT2D eigenvalue weighted by molar-refractivity contribution is -0.143. The van der Waals surface area contributed by atoms with Gasteiger partial charge in [0.2, 0.25) is 5.91 Å². The van der Waals surface area contributed by atoms with Crippen molar-refractivity contribution in [3.63, 3.8) is 0 Å². The van der Waals surface area contributed by atoms with Crippen molar-refractivity contribution < 1.29 is 19.5 Å². The fourth-order valence-corrected chi connectivity index (χ4v) is 1.92. The summed E-state index contributed by atoms with van der Waals surface area (Å²) in [4.78, 5) is 33.8. The Hall–Kier alpha value is -1.44. The molecule has 0 aliphatic rings. The van der Waals surface area contributed by atoms with Crippen molar-refractivity contribution >= 4 is 29.7 Å². The number of primary amides is 1. The number of amides is 3. The SMILES string of the molecule is CSCCC(NC(N)=O)C(=O)NC(C(=O)O)C(C)C. The van der Waals surface area contributed by atoms with Crippen molar-refractivity contribution in [3.05, 3.63) is 0 Å². The Morgan fingerprint density at radius 1 is 1.26 bits per heavy atom. The maximum atomic E-state index is 11.9. The monoisotopic (exact) mass is 291 g/mol. The third-order valence-electron chi connectivity index (χ3n) is 2.47. The number of hydrogen-bond donors (Lipinski definition) is 4. The van der Waals surface area contributed by atoms with Crippen LogP contribution in [-0.2, 0) is 9.59 Å². The second-order valence-electron chi connectivity index (χ2n) is 4.41. The van der Waals surface area contributed by atoms with Crippen LogP contribution in [0.3, 0.4) is 0 Å². The first-order chi connectivity index (χ1) is 8.79. The largest absolute Gasteiger partial charge is 0.480 e. The van der Waals surface area contributed by atoms with Gasteiger partial charge in [-0.2, -0.15) is 11.8 Å². The molecule has 7 nitrogen and oxygen atoms in total. The summed E-state index contributed by atoms with van der Waals surface area (Å²) in [6.07, 6.45) is 2.26. The van der Waals surface area contributed by atoms with E-state index in [9.17, 15) is 14.4 Å². The average molecular weight is 291 g/mol. The standard InChI is InChI=1S/C11H21N3O4S/c1-6(2)8(10(16)17)14-9(15)7(4-5-19-3)13-11(12)18/h6-8H,4-5H2,1-3H3,(H,14,15)(H,16,17)(H3,12,13,18). The molecule has 0 aliphatic carbocycles. The fraction of sp³-hybridized carbons (Fsp3) is 0.727. The maximum absolute atomic E-state index is 11.9. The zero-order valence-electron chi connectivity index (χ0n) is 11.3. The Balaban J connectivity index is 4.68. The van der Waals surface area contributed by atoms with Crippen molar-refractivity contribution in [2.45, 2.75) is 32.4 Å². The first-order valence-electron chi connectivity index (χ1n) is 5.87. The molecule has 0 saturated heterocycles. The predicted molar refractivity (Wildman–Crippen MR) is 73.9 cm³/mol. The summed E-state index contributed by atoms with van der Waals surface area (Å²) in [6, 6.07) is -2.61. The van der Waals surface area contributed by atoms with Crippen LogP contribution >= 0.6 is 11.8 Å². The Kier molecular flexibility index (Phi) is 7.97. The summed E-state index contributed by atoms with van der Waals surface area (Å²) >= 11 is 1.52. The fourth-order valence-electron chi connectivity index (χ4n) is 1.44. The summed E-state index contributed by atoms with van der Waals surface area (Å²) < 4.78 is 0. The Morgan fingerprint density at radius 2 is 1.84 bits per heavy atom. The normalized spacial score (nSPS) is 13.7. The molecule has 8 heteroatoms. The molecule has 0 heterocycles. The zero-order chi connectivity index (χ0) is 15.0. The highest BCUT2D eigenvalue weighted by Gasteiger charge is 2.27. The van der Waals surface area contributed by atoms with Crippen LogP contribution in [0.25, 0.3) is 0 Å². The third-order valence-corrected chi connectivity index (χ3v) is 3.12. The topological polar surface area (TPSA) is 122 Å². The molecular weight excluding hydrogens is 270 g/mol. The van der Waals surface area contributed by atoms with Crippen LogP contribution < -0.4 is 16.4 Å². The summed E-state index contributed by atoms with van der Waals surface area (Å²) in [6.45, 7) is 3.38. The van der Waals surface area contributed by atoms with Crippen molar-refractivity contribution in [1.29, 1.82) is 0 Å². The Morgan fingerprint density at radius 3 is 2.21 bits per heavy atom. The Bertz CT molecular complexity index is 336. The molecule has 3 amide bonds. The van der Waals surface area contributed by atoms with Gasteiger partial charge in [-0.15, -0.1) is 0 Å².